The molecule has 1 N–H and O–H groups in total. The van der Waals surface area contributed by atoms with Gasteiger partial charge in [-0.2, -0.15) is 13.2 Å². The first-order valence-corrected chi connectivity index (χ1v) is 6.96. The molecule has 2 aliphatic heterocycles. The summed E-state index contributed by atoms with van der Waals surface area (Å²) in [5.41, 5.74) is -0.872. The van der Waals surface area contributed by atoms with Crippen molar-refractivity contribution in [1.82, 2.24) is 14.9 Å². The van der Waals surface area contributed by atoms with Gasteiger partial charge in [0.2, 0.25) is 5.95 Å². The minimum atomic E-state index is -4.45. The van der Waals surface area contributed by atoms with Crippen molar-refractivity contribution < 1.29 is 23.1 Å². The maximum Gasteiger partial charge on any atom is 0.419 e. The summed E-state index contributed by atoms with van der Waals surface area (Å²) in [6.07, 6.45) is -1.11. The summed E-state index contributed by atoms with van der Waals surface area (Å²) >= 11 is 0. The largest absolute Gasteiger partial charge is 0.480 e. The molecular formula is C13H15F3N4O2. The Bertz CT molecular complexity index is 549. The first-order valence-electron chi connectivity index (χ1n) is 6.96. The third-order valence-corrected chi connectivity index (χ3v) is 4.20. The van der Waals surface area contributed by atoms with Crippen LogP contribution in [0.1, 0.15) is 18.4 Å². The van der Waals surface area contributed by atoms with Crippen molar-refractivity contribution in [3.05, 3.63) is 18.0 Å². The van der Waals surface area contributed by atoms with Crippen molar-refractivity contribution in [3.8, 4) is 0 Å². The van der Waals surface area contributed by atoms with Gasteiger partial charge in [-0.05, 0) is 12.8 Å². The van der Waals surface area contributed by atoms with Crippen molar-refractivity contribution in [1.29, 1.82) is 0 Å². The Kier molecular flexibility index (Phi) is 3.67. The smallest absolute Gasteiger partial charge is 0.419 e. The van der Waals surface area contributed by atoms with E-state index >= 15 is 0 Å². The highest BCUT2D eigenvalue weighted by atomic mass is 19.4. The molecular weight excluding hydrogens is 301 g/mol. The minimum absolute atomic E-state index is 0.00293. The molecule has 2 aliphatic rings. The molecule has 0 spiro atoms. The fourth-order valence-corrected chi connectivity index (χ4v) is 3.20. The number of rotatable bonds is 3. The second kappa shape index (κ2) is 5.38. The number of carboxylic acid groups (broad SMARTS) is 1. The third kappa shape index (κ3) is 2.85. The maximum atomic E-state index is 12.5. The van der Waals surface area contributed by atoms with Crippen LogP contribution < -0.4 is 4.90 Å². The van der Waals surface area contributed by atoms with E-state index < -0.39 is 17.7 Å². The molecule has 0 amide bonds. The number of hydrogen-bond donors (Lipinski definition) is 1. The average Bonchev–Trinajstić information content (AvgIpc) is 2.69. The van der Waals surface area contributed by atoms with E-state index in [4.69, 9.17) is 5.11 Å². The first-order chi connectivity index (χ1) is 10.3. The van der Waals surface area contributed by atoms with E-state index in [1.165, 1.54) is 0 Å². The van der Waals surface area contributed by atoms with Crippen LogP contribution in [0.4, 0.5) is 19.1 Å². The van der Waals surface area contributed by atoms with E-state index in [0.29, 0.717) is 13.1 Å². The molecule has 2 atom stereocenters. The van der Waals surface area contributed by atoms with Crippen LogP contribution in [-0.4, -0.2) is 57.7 Å². The molecule has 0 aliphatic carbocycles. The minimum Gasteiger partial charge on any atom is -0.480 e. The molecule has 0 aromatic carbocycles. The number of carboxylic acids is 1. The normalized spacial score (nSPS) is 25.5. The number of aromatic nitrogens is 2. The van der Waals surface area contributed by atoms with Crippen LogP contribution in [0.5, 0.6) is 0 Å². The summed E-state index contributed by atoms with van der Waals surface area (Å²) in [5.74, 6) is -0.601. The van der Waals surface area contributed by atoms with Crippen molar-refractivity contribution >= 4 is 11.9 Å². The average molecular weight is 316 g/mol. The number of aliphatic carboxylic acids is 1. The zero-order chi connectivity index (χ0) is 15.9. The van der Waals surface area contributed by atoms with Gasteiger partial charge >= 0.3 is 12.1 Å². The predicted molar refractivity (Wildman–Crippen MR) is 70.4 cm³/mol. The van der Waals surface area contributed by atoms with E-state index in [1.807, 2.05) is 9.80 Å². The predicted octanol–water partition coefficient (Wildman–Crippen LogP) is 1.23. The van der Waals surface area contributed by atoms with Gasteiger partial charge in [0.05, 0.1) is 12.1 Å². The monoisotopic (exact) mass is 316 g/mol. The number of fused-ring (bicyclic) bond motifs is 2. The Morgan fingerprint density at radius 1 is 1.23 bits per heavy atom. The lowest BCUT2D eigenvalue weighted by Crippen LogP contribution is -2.55. The zero-order valence-corrected chi connectivity index (χ0v) is 11.6. The lowest BCUT2D eigenvalue weighted by Gasteiger charge is -2.40. The van der Waals surface area contributed by atoms with Gasteiger partial charge in [-0.1, -0.05) is 0 Å². The quantitative estimate of drug-likeness (QED) is 0.904. The number of alkyl halides is 3. The number of carbonyl (C=O) groups is 1. The van der Waals surface area contributed by atoms with Crippen LogP contribution in [0.15, 0.2) is 12.4 Å². The number of hydrogen-bond acceptors (Lipinski definition) is 5. The molecule has 6 nitrogen and oxygen atoms in total. The number of anilines is 1. The highest BCUT2D eigenvalue weighted by Crippen LogP contribution is 2.32. The highest BCUT2D eigenvalue weighted by Gasteiger charge is 2.41. The molecule has 22 heavy (non-hydrogen) atoms. The summed E-state index contributed by atoms with van der Waals surface area (Å²) < 4.78 is 37.5. The molecule has 0 radical (unpaired) electrons. The molecule has 2 saturated heterocycles. The SMILES string of the molecule is O=C(O)CN1C2CCC1CN(c1ncc(C(F)(F)F)cn1)C2. The van der Waals surface area contributed by atoms with Gasteiger partial charge in [-0.3, -0.25) is 9.69 Å². The Hall–Kier alpha value is -1.90. The summed E-state index contributed by atoms with van der Waals surface area (Å²) in [5, 5.41) is 8.93. The first kappa shape index (κ1) is 15.0. The van der Waals surface area contributed by atoms with Crippen LogP contribution in [-0.2, 0) is 11.0 Å². The van der Waals surface area contributed by atoms with Gasteiger partial charge < -0.3 is 10.0 Å². The molecule has 1 aromatic rings. The van der Waals surface area contributed by atoms with Crippen molar-refractivity contribution in [2.75, 3.05) is 24.5 Å². The standard InChI is InChI=1S/C13H15F3N4O2/c14-13(15,16)8-3-17-12(18-4-8)19-5-9-1-2-10(6-19)20(9)7-11(21)22/h3-4,9-10H,1-2,5-7H2,(H,21,22). The van der Waals surface area contributed by atoms with E-state index in [-0.39, 0.29) is 24.6 Å². The number of piperazine rings is 1. The van der Waals surface area contributed by atoms with Crippen LogP contribution in [0.3, 0.4) is 0 Å². The third-order valence-electron chi connectivity index (χ3n) is 4.20. The second-order valence-corrected chi connectivity index (χ2v) is 5.63. The van der Waals surface area contributed by atoms with Crippen LogP contribution in [0.2, 0.25) is 0 Å². The molecule has 3 rings (SSSR count). The summed E-state index contributed by atoms with van der Waals surface area (Å²) in [4.78, 5) is 22.3. The van der Waals surface area contributed by atoms with Gasteiger partial charge in [-0.25, -0.2) is 9.97 Å². The second-order valence-electron chi connectivity index (χ2n) is 5.63. The van der Waals surface area contributed by atoms with Crippen LogP contribution in [0, 0.1) is 0 Å². The maximum absolute atomic E-state index is 12.5. The Balaban J connectivity index is 1.72. The fraction of sp³-hybridized carbons (Fsp3) is 0.615. The van der Waals surface area contributed by atoms with Gasteiger partial charge in [0, 0.05) is 37.6 Å². The molecule has 2 unspecified atom stereocenters. The number of nitrogens with zero attached hydrogens (tertiary/aromatic N) is 4. The molecule has 3 heterocycles. The fourth-order valence-electron chi connectivity index (χ4n) is 3.20. The Labute approximate surface area is 124 Å². The van der Waals surface area contributed by atoms with E-state index in [0.717, 1.165) is 25.2 Å². The van der Waals surface area contributed by atoms with Crippen LogP contribution >= 0.6 is 0 Å². The molecule has 2 bridgehead atoms. The van der Waals surface area contributed by atoms with Crippen molar-refractivity contribution in [3.63, 3.8) is 0 Å². The molecule has 0 saturated carbocycles. The summed E-state index contributed by atoms with van der Waals surface area (Å²) in [7, 11) is 0. The molecule has 1 aromatic heterocycles. The summed E-state index contributed by atoms with van der Waals surface area (Å²) in [6, 6.07) is 0.168. The van der Waals surface area contributed by atoms with Crippen molar-refractivity contribution in [2.45, 2.75) is 31.1 Å². The van der Waals surface area contributed by atoms with Crippen LogP contribution in [0.25, 0.3) is 0 Å². The Morgan fingerprint density at radius 3 is 2.23 bits per heavy atom. The van der Waals surface area contributed by atoms with E-state index in [2.05, 4.69) is 9.97 Å². The summed E-state index contributed by atoms with van der Waals surface area (Å²) in [6.45, 7) is 1.07. The molecule has 120 valence electrons. The van der Waals surface area contributed by atoms with Gasteiger partial charge in [0.1, 0.15) is 0 Å². The number of halogens is 3. The van der Waals surface area contributed by atoms with Crippen molar-refractivity contribution in [2.24, 2.45) is 0 Å². The van der Waals surface area contributed by atoms with E-state index in [9.17, 15) is 18.0 Å². The molecule has 2 fully saturated rings. The van der Waals surface area contributed by atoms with Gasteiger partial charge in [-0.15, -0.1) is 0 Å². The van der Waals surface area contributed by atoms with Gasteiger partial charge in [0.15, 0.2) is 0 Å². The van der Waals surface area contributed by atoms with Gasteiger partial charge in [0.25, 0.3) is 0 Å². The highest BCUT2D eigenvalue weighted by molar-refractivity contribution is 5.69. The zero-order valence-electron chi connectivity index (χ0n) is 11.6. The molecule has 9 heteroatoms. The lowest BCUT2D eigenvalue weighted by molar-refractivity contribution is -0.139. The Morgan fingerprint density at radius 2 is 1.77 bits per heavy atom. The topological polar surface area (TPSA) is 69.6 Å². The lowest BCUT2D eigenvalue weighted by atomic mass is 10.2. The van der Waals surface area contributed by atoms with E-state index in [1.54, 1.807) is 0 Å².